The third-order valence-corrected chi connectivity index (χ3v) is 3.79. The van der Waals surface area contributed by atoms with E-state index in [1.54, 1.807) is 0 Å². The smallest absolute Gasteiger partial charge is 0.120 e. The molecular weight excluding hydrogens is 212 g/mol. The number of hydrogen-bond donors (Lipinski definition) is 1. The van der Waals surface area contributed by atoms with Gasteiger partial charge in [-0.25, -0.2) is 0 Å². The van der Waals surface area contributed by atoms with E-state index in [0.717, 1.165) is 24.1 Å². The second-order valence-corrected chi connectivity index (χ2v) is 5.19. The maximum absolute atomic E-state index is 5.62. The van der Waals surface area contributed by atoms with Crippen molar-refractivity contribution in [1.29, 1.82) is 0 Å². The molecule has 1 N–H and O–H groups in total. The Morgan fingerprint density at radius 2 is 2.35 bits per heavy atom. The van der Waals surface area contributed by atoms with Crippen molar-refractivity contribution in [2.75, 3.05) is 20.1 Å². The molecule has 2 atom stereocenters. The summed E-state index contributed by atoms with van der Waals surface area (Å²) in [5.41, 5.74) is 0. The summed E-state index contributed by atoms with van der Waals surface area (Å²) >= 11 is 0. The van der Waals surface area contributed by atoms with Gasteiger partial charge in [-0.2, -0.15) is 0 Å². The Morgan fingerprint density at radius 1 is 1.53 bits per heavy atom. The number of furan rings is 1. The lowest BCUT2D eigenvalue weighted by Gasteiger charge is -2.20. The van der Waals surface area contributed by atoms with Crippen molar-refractivity contribution in [3.05, 3.63) is 23.7 Å². The third kappa shape index (κ3) is 3.33. The van der Waals surface area contributed by atoms with Gasteiger partial charge in [-0.05, 0) is 65.4 Å². The highest BCUT2D eigenvalue weighted by molar-refractivity contribution is 5.08. The number of nitrogens with zero attached hydrogens (tertiary/aromatic N) is 1. The minimum absolute atomic E-state index is 0.315. The molecule has 1 saturated heterocycles. The summed E-state index contributed by atoms with van der Waals surface area (Å²) in [5.74, 6) is 2.03. The molecule has 2 heterocycles. The van der Waals surface area contributed by atoms with Gasteiger partial charge in [0.15, 0.2) is 0 Å². The summed E-state index contributed by atoms with van der Waals surface area (Å²) in [5, 5.41) is 3.54. The molecule has 1 aliphatic rings. The lowest BCUT2D eigenvalue weighted by Crippen LogP contribution is -2.30. The predicted molar refractivity (Wildman–Crippen MR) is 70.1 cm³/mol. The highest BCUT2D eigenvalue weighted by atomic mass is 16.3. The molecular formula is C14H24N2O. The van der Waals surface area contributed by atoms with Crippen LogP contribution < -0.4 is 5.32 Å². The first-order valence-electron chi connectivity index (χ1n) is 6.67. The second kappa shape index (κ2) is 5.69. The van der Waals surface area contributed by atoms with Crippen LogP contribution in [-0.2, 0) is 0 Å². The van der Waals surface area contributed by atoms with Crippen LogP contribution in [0.2, 0.25) is 0 Å². The fraction of sp³-hybridized carbons (Fsp3) is 0.714. The van der Waals surface area contributed by atoms with Crippen molar-refractivity contribution in [2.24, 2.45) is 0 Å². The van der Waals surface area contributed by atoms with E-state index >= 15 is 0 Å². The first-order chi connectivity index (χ1) is 8.16. The van der Waals surface area contributed by atoms with Gasteiger partial charge in [-0.15, -0.1) is 0 Å². The van der Waals surface area contributed by atoms with Gasteiger partial charge in [0.25, 0.3) is 0 Å². The minimum Gasteiger partial charge on any atom is -0.465 e. The second-order valence-electron chi connectivity index (χ2n) is 5.19. The van der Waals surface area contributed by atoms with Crippen LogP contribution in [0.4, 0.5) is 0 Å². The summed E-state index contributed by atoms with van der Waals surface area (Å²) in [4.78, 5) is 2.48. The third-order valence-electron chi connectivity index (χ3n) is 3.79. The largest absolute Gasteiger partial charge is 0.465 e. The van der Waals surface area contributed by atoms with E-state index < -0.39 is 0 Å². The Labute approximate surface area is 104 Å². The van der Waals surface area contributed by atoms with Crippen molar-refractivity contribution >= 4 is 0 Å². The molecule has 3 heteroatoms. The van der Waals surface area contributed by atoms with Crippen molar-refractivity contribution in [1.82, 2.24) is 10.2 Å². The molecule has 0 aliphatic carbocycles. The highest BCUT2D eigenvalue weighted by Gasteiger charge is 2.20. The maximum atomic E-state index is 5.62. The van der Waals surface area contributed by atoms with Crippen molar-refractivity contribution in [3.8, 4) is 0 Å². The fourth-order valence-corrected chi connectivity index (χ4v) is 2.60. The van der Waals surface area contributed by atoms with E-state index in [4.69, 9.17) is 4.42 Å². The highest BCUT2D eigenvalue weighted by Crippen LogP contribution is 2.19. The monoisotopic (exact) mass is 236 g/mol. The summed E-state index contributed by atoms with van der Waals surface area (Å²) in [6.45, 7) is 6.48. The molecule has 0 radical (unpaired) electrons. The van der Waals surface area contributed by atoms with Gasteiger partial charge >= 0.3 is 0 Å². The van der Waals surface area contributed by atoms with Gasteiger partial charge in [-0.3, -0.25) is 0 Å². The van der Waals surface area contributed by atoms with E-state index in [9.17, 15) is 0 Å². The van der Waals surface area contributed by atoms with Crippen LogP contribution in [0, 0.1) is 6.92 Å². The van der Waals surface area contributed by atoms with Crippen molar-refractivity contribution in [2.45, 2.75) is 45.2 Å². The fourth-order valence-electron chi connectivity index (χ4n) is 2.60. The van der Waals surface area contributed by atoms with Gasteiger partial charge < -0.3 is 14.6 Å². The number of hydrogen-bond acceptors (Lipinski definition) is 3. The van der Waals surface area contributed by atoms with Crippen LogP contribution in [0.1, 0.15) is 43.7 Å². The SMILES string of the molecule is Cc1ccc([C@H](C)NCC[C@@H]2CCCN2C)o1. The molecule has 1 aromatic heterocycles. The summed E-state index contributed by atoms with van der Waals surface area (Å²) in [7, 11) is 2.23. The van der Waals surface area contributed by atoms with E-state index in [1.807, 2.05) is 13.0 Å². The Hall–Kier alpha value is -0.800. The number of nitrogens with one attached hydrogen (secondary N) is 1. The standard InChI is InChI=1S/C14H24N2O/c1-11-6-7-14(17-11)12(2)15-9-8-13-5-4-10-16(13)3/h6-7,12-13,15H,4-5,8-10H2,1-3H3/t12-,13-/m0/s1. The first-order valence-corrected chi connectivity index (χ1v) is 6.67. The van der Waals surface area contributed by atoms with Gasteiger partial charge in [-0.1, -0.05) is 0 Å². The average molecular weight is 236 g/mol. The Kier molecular flexibility index (Phi) is 4.24. The molecule has 0 saturated carbocycles. The molecule has 1 aromatic rings. The van der Waals surface area contributed by atoms with E-state index in [2.05, 4.69) is 30.3 Å². The normalized spacial score (nSPS) is 23.1. The molecule has 96 valence electrons. The zero-order valence-corrected chi connectivity index (χ0v) is 11.2. The number of likely N-dealkylation sites (tertiary alicyclic amines) is 1. The summed E-state index contributed by atoms with van der Waals surface area (Å²) in [6, 6.07) is 5.18. The zero-order valence-electron chi connectivity index (χ0n) is 11.2. The molecule has 0 unspecified atom stereocenters. The molecule has 0 amide bonds. The predicted octanol–water partition coefficient (Wildman–Crippen LogP) is 2.72. The summed E-state index contributed by atoms with van der Waals surface area (Å²) in [6.07, 6.45) is 3.95. The quantitative estimate of drug-likeness (QED) is 0.852. The van der Waals surface area contributed by atoms with Gasteiger partial charge in [0.05, 0.1) is 6.04 Å². The van der Waals surface area contributed by atoms with Crippen LogP contribution in [0.3, 0.4) is 0 Å². The Morgan fingerprint density at radius 3 is 2.94 bits per heavy atom. The van der Waals surface area contributed by atoms with Crippen LogP contribution >= 0.6 is 0 Å². The molecule has 0 bridgehead atoms. The number of aryl methyl sites for hydroxylation is 1. The zero-order chi connectivity index (χ0) is 12.3. The van der Waals surface area contributed by atoms with Crippen LogP contribution in [0.5, 0.6) is 0 Å². The van der Waals surface area contributed by atoms with Crippen molar-refractivity contribution < 1.29 is 4.42 Å². The molecule has 17 heavy (non-hydrogen) atoms. The molecule has 3 nitrogen and oxygen atoms in total. The molecule has 1 aliphatic heterocycles. The van der Waals surface area contributed by atoms with E-state index in [0.29, 0.717) is 6.04 Å². The molecule has 1 fully saturated rings. The summed E-state index contributed by atoms with van der Waals surface area (Å²) < 4.78 is 5.62. The topological polar surface area (TPSA) is 28.4 Å². The van der Waals surface area contributed by atoms with Gasteiger partial charge in [0.1, 0.15) is 11.5 Å². The van der Waals surface area contributed by atoms with E-state index in [-0.39, 0.29) is 0 Å². The molecule has 2 rings (SSSR count). The minimum atomic E-state index is 0.315. The Balaban J connectivity index is 1.71. The molecule has 0 aromatic carbocycles. The van der Waals surface area contributed by atoms with E-state index in [1.165, 1.54) is 25.8 Å². The van der Waals surface area contributed by atoms with Gasteiger partial charge in [0, 0.05) is 6.04 Å². The maximum Gasteiger partial charge on any atom is 0.120 e. The lowest BCUT2D eigenvalue weighted by molar-refractivity contribution is 0.288. The first kappa shape index (κ1) is 12.7. The lowest BCUT2D eigenvalue weighted by atomic mass is 10.1. The van der Waals surface area contributed by atoms with Crippen LogP contribution in [0.25, 0.3) is 0 Å². The van der Waals surface area contributed by atoms with Crippen LogP contribution in [0.15, 0.2) is 16.5 Å². The van der Waals surface area contributed by atoms with Crippen LogP contribution in [-0.4, -0.2) is 31.1 Å². The number of rotatable bonds is 5. The Bertz CT molecular complexity index is 348. The van der Waals surface area contributed by atoms with Crippen molar-refractivity contribution in [3.63, 3.8) is 0 Å². The van der Waals surface area contributed by atoms with Gasteiger partial charge in [0.2, 0.25) is 0 Å². The molecule has 0 spiro atoms. The average Bonchev–Trinajstić information content (AvgIpc) is 2.88.